The van der Waals surface area contributed by atoms with Crippen molar-refractivity contribution in [2.75, 3.05) is 6.26 Å². The maximum Gasteiger partial charge on any atom is 0.262 e. The van der Waals surface area contributed by atoms with E-state index in [9.17, 15) is 9.90 Å². The number of aromatic nitrogens is 2. The first-order chi connectivity index (χ1) is 8.61. The van der Waals surface area contributed by atoms with Crippen LogP contribution in [0.1, 0.15) is 5.82 Å². The normalized spacial score (nSPS) is 10.6. The monoisotopic (exact) mass is 326 g/mol. The lowest BCUT2D eigenvalue weighted by molar-refractivity contribution is 0.451. The van der Waals surface area contributed by atoms with Gasteiger partial charge in [-0.05, 0) is 24.0 Å². The van der Waals surface area contributed by atoms with Gasteiger partial charge in [-0.15, -0.1) is 0 Å². The van der Waals surface area contributed by atoms with Crippen LogP contribution in [0.2, 0.25) is 0 Å². The van der Waals surface area contributed by atoms with Crippen LogP contribution in [0.3, 0.4) is 0 Å². The van der Waals surface area contributed by atoms with Gasteiger partial charge in [-0.1, -0.05) is 28.1 Å². The number of nitrogens with zero attached hydrogens (tertiary/aromatic N) is 1. The highest BCUT2D eigenvalue weighted by molar-refractivity contribution is 9.10. The zero-order chi connectivity index (χ0) is 13.1. The molecule has 2 aromatic rings. The number of aromatic hydroxyl groups is 1. The lowest BCUT2D eigenvalue weighted by atomic mass is 10.1. The largest absolute Gasteiger partial charge is 0.493 e. The molecule has 0 saturated carbocycles. The third kappa shape index (κ3) is 2.76. The average Bonchev–Trinajstić information content (AvgIpc) is 2.31. The van der Waals surface area contributed by atoms with E-state index in [0.29, 0.717) is 17.1 Å². The molecule has 0 bridgehead atoms. The van der Waals surface area contributed by atoms with Gasteiger partial charge < -0.3 is 10.1 Å². The van der Waals surface area contributed by atoms with Gasteiger partial charge in [0.2, 0.25) is 5.88 Å². The zero-order valence-electron chi connectivity index (χ0n) is 9.61. The van der Waals surface area contributed by atoms with Gasteiger partial charge in [0.15, 0.2) is 0 Å². The maximum atomic E-state index is 11.9. The first kappa shape index (κ1) is 13.2. The highest BCUT2D eigenvalue weighted by atomic mass is 79.9. The fraction of sp³-hybridized carbons (Fsp3) is 0.167. The molecule has 0 aliphatic heterocycles. The minimum absolute atomic E-state index is 0.201. The van der Waals surface area contributed by atoms with Crippen LogP contribution in [0.25, 0.3) is 11.1 Å². The van der Waals surface area contributed by atoms with E-state index in [1.807, 2.05) is 18.4 Å². The Morgan fingerprint density at radius 1 is 1.39 bits per heavy atom. The van der Waals surface area contributed by atoms with Gasteiger partial charge in [-0.3, -0.25) is 4.79 Å². The second kappa shape index (κ2) is 5.58. The fourth-order valence-electron chi connectivity index (χ4n) is 1.59. The van der Waals surface area contributed by atoms with Gasteiger partial charge in [0.25, 0.3) is 5.56 Å². The molecular formula is C12H11BrN2O2S. The Labute approximate surface area is 117 Å². The van der Waals surface area contributed by atoms with Crippen LogP contribution in [0, 0.1) is 0 Å². The Morgan fingerprint density at radius 2 is 2.06 bits per heavy atom. The first-order valence-electron chi connectivity index (χ1n) is 5.19. The van der Waals surface area contributed by atoms with Gasteiger partial charge in [-0.25, -0.2) is 0 Å². The molecule has 6 heteroatoms. The molecule has 0 amide bonds. The highest BCUT2D eigenvalue weighted by Gasteiger charge is 2.12. The molecule has 1 heterocycles. The van der Waals surface area contributed by atoms with Crippen molar-refractivity contribution < 1.29 is 5.11 Å². The second-order valence-electron chi connectivity index (χ2n) is 3.65. The Hall–Kier alpha value is -1.27. The number of nitrogens with one attached hydrogen (secondary N) is 1. The molecule has 0 saturated heterocycles. The molecule has 0 fully saturated rings. The van der Waals surface area contributed by atoms with Crippen LogP contribution >= 0.6 is 27.7 Å². The fourth-order valence-corrected chi connectivity index (χ4v) is 2.26. The Balaban J connectivity index is 2.52. The molecule has 1 aromatic carbocycles. The Morgan fingerprint density at radius 3 is 2.61 bits per heavy atom. The number of aromatic amines is 1. The molecule has 0 aliphatic carbocycles. The molecule has 4 nitrogen and oxygen atoms in total. The summed E-state index contributed by atoms with van der Waals surface area (Å²) in [5.74, 6) is 0.805. The summed E-state index contributed by atoms with van der Waals surface area (Å²) >= 11 is 4.85. The predicted molar refractivity (Wildman–Crippen MR) is 76.9 cm³/mol. The van der Waals surface area contributed by atoms with Crippen LogP contribution in [0.5, 0.6) is 5.88 Å². The standard InChI is InChI=1S/C12H11BrN2O2S/c1-18-6-9-14-11(16)10(12(17)15-9)7-2-4-8(13)5-3-7/h2-5H,6H2,1H3,(H2,14,15,16,17). The van der Waals surface area contributed by atoms with Gasteiger partial charge in [0, 0.05) is 4.47 Å². The third-order valence-corrected chi connectivity index (χ3v) is 3.45. The number of benzene rings is 1. The van der Waals surface area contributed by atoms with E-state index in [1.54, 1.807) is 12.1 Å². The van der Waals surface area contributed by atoms with Gasteiger partial charge in [0.1, 0.15) is 11.4 Å². The van der Waals surface area contributed by atoms with Gasteiger partial charge in [-0.2, -0.15) is 16.7 Å². The number of hydrogen-bond acceptors (Lipinski definition) is 4. The summed E-state index contributed by atoms with van der Waals surface area (Å²) in [6.07, 6.45) is 1.90. The topological polar surface area (TPSA) is 66.0 Å². The van der Waals surface area contributed by atoms with Crippen molar-refractivity contribution in [1.29, 1.82) is 0 Å². The highest BCUT2D eigenvalue weighted by Crippen LogP contribution is 2.25. The number of thioether (sulfide) groups is 1. The summed E-state index contributed by atoms with van der Waals surface area (Å²) in [7, 11) is 0. The minimum atomic E-state index is -0.325. The quantitative estimate of drug-likeness (QED) is 0.910. The van der Waals surface area contributed by atoms with Crippen molar-refractivity contribution in [2.45, 2.75) is 5.75 Å². The van der Waals surface area contributed by atoms with E-state index in [2.05, 4.69) is 25.9 Å². The smallest absolute Gasteiger partial charge is 0.262 e. The molecule has 18 heavy (non-hydrogen) atoms. The van der Waals surface area contributed by atoms with E-state index in [4.69, 9.17) is 0 Å². The lowest BCUT2D eigenvalue weighted by Crippen LogP contribution is -2.13. The van der Waals surface area contributed by atoms with Crippen LogP contribution < -0.4 is 5.56 Å². The van der Waals surface area contributed by atoms with E-state index in [0.717, 1.165) is 4.47 Å². The van der Waals surface area contributed by atoms with Gasteiger partial charge >= 0.3 is 0 Å². The molecule has 2 rings (SSSR count). The van der Waals surface area contributed by atoms with Crippen molar-refractivity contribution in [3.05, 3.63) is 44.9 Å². The summed E-state index contributed by atoms with van der Waals surface area (Å²) in [6, 6.07) is 7.13. The SMILES string of the molecule is CSCc1nc(O)c(-c2ccc(Br)cc2)c(=O)[nH]1. The maximum absolute atomic E-state index is 11.9. The molecule has 0 aliphatic rings. The second-order valence-corrected chi connectivity index (χ2v) is 5.43. The molecule has 94 valence electrons. The number of rotatable bonds is 3. The summed E-state index contributed by atoms with van der Waals surface area (Å²) in [4.78, 5) is 18.6. The van der Waals surface area contributed by atoms with Gasteiger partial charge in [0.05, 0.1) is 5.75 Å². The zero-order valence-corrected chi connectivity index (χ0v) is 12.0. The lowest BCUT2D eigenvalue weighted by Gasteiger charge is -2.05. The number of hydrogen-bond donors (Lipinski definition) is 2. The van der Waals surface area contributed by atoms with E-state index >= 15 is 0 Å². The van der Waals surface area contributed by atoms with Crippen molar-refractivity contribution in [3.63, 3.8) is 0 Å². The molecule has 0 atom stereocenters. The van der Waals surface area contributed by atoms with Crippen LogP contribution in [0.15, 0.2) is 33.5 Å². The summed E-state index contributed by atoms with van der Waals surface area (Å²) in [5, 5.41) is 9.87. The average molecular weight is 327 g/mol. The summed E-state index contributed by atoms with van der Waals surface area (Å²) in [6.45, 7) is 0. The molecular weight excluding hydrogens is 316 g/mol. The number of H-pyrrole nitrogens is 1. The Bertz CT molecular complexity index is 610. The molecule has 2 N–H and O–H groups in total. The predicted octanol–water partition coefficient (Wildman–Crippen LogP) is 2.77. The van der Waals surface area contributed by atoms with Crippen molar-refractivity contribution in [2.24, 2.45) is 0 Å². The summed E-state index contributed by atoms with van der Waals surface area (Å²) in [5.41, 5.74) is 0.515. The summed E-state index contributed by atoms with van der Waals surface area (Å²) < 4.78 is 0.911. The van der Waals surface area contributed by atoms with Crippen molar-refractivity contribution in [1.82, 2.24) is 9.97 Å². The Kier molecular flexibility index (Phi) is 4.08. The molecule has 0 radical (unpaired) electrons. The van der Waals surface area contributed by atoms with Crippen LogP contribution in [0.4, 0.5) is 0 Å². The molecule has 0 spiro atoms. The number of halogens is 1. The third-order valence-electron chi connectivity index (χ3n) is 2.36. The van der Waals surface area contributed by atoms with E-state index in [-0.39, 0.29) is 17.0 Å². The van der Waals surface area contributed by atoms with Crippen LogP contribution in [-0.2, 0) is 5.75 Å². The van der Waals surface area contributed by atoms with Crippen LogP contribution in [-0.4, -0.2) is 21.3 Å². The van der Waals surface area contributed by atoms with Crippen molar-refractivity contribution in [3.8, 4) is 17.0 Å². The first-order valence-corrected chi connectivity index (χ1v) is 7.37. The molecule has 1 aromatic heterocycles. The van der Waals surface area contributed by atoms with E-state index < -0.39 is 0 Å². The van der Waals surface area contributed by atoms with E-state index in [1.165, 1.54) is 11.8 Å². The minimum Gasteiger partial charge on any atom is -0.493 e. The molecule has 0 unspecified atom stereocenters. The van der Waals surface area contributed by atoms with Crippen molar-refractivity contribution >= 4 is 27.7 Å².